The minimum Gasteiger partial charge on any atom is -0.465 e. The van der Waals surface area contributed by atoms with Crippen LogP contribution in [-0.4, -0.2) is 39.2 Å². The Kier molecular flexibility index (Phi) is 6.73. The van der Waals surface area contributed by atoms with Crippen LogP contribution in [0.15, 0.2) is 24.3 Å². The number of esters is 1. The van der Waals surface area contributed by atoms with E-state index in [0.717, 1.165) is 0 Å². The molecule has 5 nitrogen and oxygen atoms in total. The topological polar surface area (TPSA) is 55.8 Å². The Hall–Kier alpha value is -1.88. The standard InChI is InChI=1S/C15H21NO4/c1-4-20-11-7-10-14(17)16(2)13-9-6-5-8-12(13)15(18)19-3/h5-6,8-9H,4,7,10-11H2,1-3H3. The molecule has 0 aliphatic heterocycles. The van der Waals surface area contributed by atoms with Crippen LogP contribution in [0.3, 0.4) is 0 Å². The van der Waals surface area contributed by atoms with Crippen molar-refractivity contribution in [2.75, 3.05) is 32.3 Å². The number of benzene rings is 1. The van der Waals surface area contributed by atoms with Crippen molar-refractivity contribution in [2.45, 2.75) is 19.8 Å². The third kappa shape index (κ3) is 4.35. The molecule has 0 aromatic heterocycles. The molecule has 1 rings (SSSR count). The zero-order valence-corrected chi connectivity index (χ0v) is 12.2. The van der Waals surface area contributed by atoms with Gasteiger partial charge in [-0.2, -0.15) is 0 Å². The summed E-state index contributed by atoms with van der Waals surface area (Å²) in [5, 5.41) is 0. The maximum Gasteiger partial charge on any atom is 0.339 e. The number of para-hydroxylation sites is 1. The molecule has 0 bridgehead atoms. The van der Waals surface area contributed by atoms with Gasteiger partial charge in [-0.1, -0.05) is 12.1 Å². The van der Waals surface area contributed by atoms with Gasteiger partial charge < -0.3 is 14.4 Å². The largest absolute Gasteiger partial charge is 0.465 e. The van der Waals surface area contributed by atoms with E-state index in [9.17, 15) is 9.59 Å². The van der Waals surface area contributed by atoms with Crippen LogP contribution in [0.5, 0.6) is 0 Å². The third-order valence-corrected chi connectivity index (χ3v) is 2.93. The molecule has 0 unspecified atom stereocenters. The van der Waals surface area contributed by atoms with Gasteiger partial charge in [0.2, 0.25) is 5.91 Å². The fraction of sp³-hybridized carbons (Fsp3) is 0.467. The highest BCUT2D eigenvalue weighted by Crippen LogP contribution is 2.20. The zero-order valence-electron chi connectivity index (χ0n) is 12.2. The summed E-state index contributed by atoms with van der Waals surface area (Å²) in [6.07, 6.45) is 1.05. The van der Waals surface area contributed by atoms with Crippen molar-refractivity contribution in [3.8, 4) is 0 Å². The summed E-state index contributed by atoms with van der Waals surface area (Å²) in [5.74, 6) is -0.504. The smallest absolute Gasteiger partial charge is 0.339 e. The lowest BCUT2D eigenvalue weighted by atomic mass is 10.1. The number of carbonyl (C=O) groups is 2. The van der Waals surface area contributed by atoms with E-state index in [2.05, 4.69) is 0 Å². The van der Waals surface area contributed by atoms with Crippen LogP contribution in [0.4, 0.5) is 5.69 Å². The Morgan fingerprint density at radius 3 is 2.60 bits per heavy atom. The second-order valence-electron chi connectivity index (χ2n) is 4.26. The molecule has 0 fully saturated rings. The fourth-order valence-corrected chi connectivity index (χ4v) is 1.82. The molecular formula is C15H21NO4. The molecule has 5 heteroatoms. The molecule has 0 atom stereocenters. The molecule has 1 amide bonds. The first-order valence-corrected chi connectivity index (χ1v) is 6.63. The van der Waals surface area contributed by atoms with Gasteiger partial charge in [0, 0.05) is 26.7 Å². The van der Waals surface area contributed by atoms with Gasteiger partial charge in [0.1, 0.15) is 0 Å². The normalized spacial score (nSPS) is 10.2. The second kappa shape index (κ2) is 8.32. The van der Waals surface area contributed by atoms with Crippen LogP contribution in [0.1, 0.15) is 30.1 Å². The van der Waals surface area contributed by atoms with E-state index in [0.29, 0.717) is 37.3 Å². The zero-order chi connectivity index (χ0) is 15.0. The van der Waals surface area contributed by atoms with Gasteiger partial charge in [-0.05, 0) is 25.5 Å². The minimum atomic E-state index is -0.449. The third-order valence-electron chi connectivity index (χ3n) is 2.93. The highest BCUT2D eigenvalue weighted by molar-refractivity contribution is 6.02. The van der Waals surface area contributed by atoms with Gasteiger partial charge in [0.15, 0.2) is 0 Å². The van der Waals surface area contributed by atoms with E-state index in [1.807, 2.05) is 6.92 Å². The first-order valence-electron chi connectivity index (χ1n) is 6.63. The van der Waals surface area contributed by atoms with E-state index in [4.69, 9.17) is 9.47 Å². The lowest BCUT2D eigenvalue weighted by Crippen LogP contribution is -2.28. The van der Waals surface area contributed by atoms with Crippen molar-refractivity contribution in [1.29, 1.82) is 0 Å². The summed E-state index contributed by atoms with van der Waals surface area (Å²) in [6.45, 7) is 3.13. The van der Waals surface area contributed by atoms with Crippen molar-refractivity contribution >= 4 is 17.6 Å². The molecule has 0 heterocycles. The van der Waals surface area contributed by atoms with E-state index >= 15 is 0 Å². The fourth-order valence-electron chi connectivity index (χ4n) is 1.82. The van der Waals surface area contributed by atoms with Crippen molar-refractivity contribution in [3.63, 3.8) is 0 Å². The van der Waals surface area contributed by atoms with Crippen LogP contribution in [0.25, 0.3) is 0 Å². The lowest BCUT2D eigenvalue weighted by Gasteiger charge is -2.19. The minimum absolute atomic E-state index is 0.0546. The second-order valence-corrected chi connectivity index (χ2v) is 4.26. The van der Waals surface area contributed by atoms with E-state index in [1.54, 1.807) is 31.3 Å². The predicted molar refractivity (Wildman–Crippen MR) is 76.9 cm³/mol. The Morgan fingerprint density at radius 2 is 1.95 bits per heavy atom. The summed E-state index contributed by atoms with van der Waals surface area (Å²) in [4.78, 5) is 25.3. The van der Waals surface area contributed by atoms with Gasteiger partial charge in [0.25, 0.3) is 0 Å². The molecular weight excluding hydrogens is 258 g/mol. The summed E-state index contributed by atoms with van der Waals surface area (Å²) < 4.78 is 9.93. The number of methoxy groups -OCH3 is 1. The van der Waals surface area contributed by atoms with Crippen LogP contribution < -0.4 is 4.90 Å². The molecule has 1 aromatic carbocycles. The molecule has 0 saturated heterocycles. The van der Waals surface area contributed by atoms with Gasteiger partial charge in [0.05, 0.1) is 18.4 Å². The maximum atomic E-state index is 12.1. The number of hydrogen-bond acceptors (Lipinski definition) is 4. The summed E-state index contributed by atoms with van der Waals surface area (Å²) in [5.41, 5.74) is 0.941. The maximum absolute atomic E-state index is 12.1. The number of hydrogen-bond donors (Lipinski definition) is 0. The molecule has 0 radical (unpaired) electrons. The average molecular weight is 279 g/mol. The van der Waals surface area contributed by atoms with Crippen molar-refractivity contribution in [2.24, 2.45) is 0 Å². The number of nitrogens with zero attached hydrogens (tertiary/aromatic N) is 1. The van der Waals surface area contributed by atoms with Crippen LogP contribution >= 0.6 is 0 Å². The summed E-state index contributed by atoms with van der Waals surface area (Å²) in [7, 11) is 2.98. The van der Waals surface area contributed by atoms with E-state index in [1.165, 1.54) is 12.0 Å². The SMILES string of the molecule is CCOCCCC(=O)N(C)c1ccccc1C(=O)OC. The quantitative estimate of drug-likeness (QED) is 0.567. The molecule has 0 saturated carbocycles. The summed E-state index contributed by atoms with van der Waals surface area (Å²) >= 11 is 0. The molecule has 20 heavy (non-hydrogen) atoms. The number of anilines is 1. The highest BCUT2D eigenvalue weighted by Gasteiger charge is 2.18. The number of carbonyl (C=O) groups excluding carboxylic acids is 2. The van der Waals surface area contributed by atoms with E-state index in [-0.39, 0.29) is 5.91 Å². The Balaban J connectivity index is 2.73. The highest BCUT2D eigenvalue weighted by atomic mass is 16.5. The Morgan fingerprint density at radius 1 is 1.25 bits per heavy atom. The van der Waals surface area contributed by atoms with Crippen molar-refractivity contribution in [1.82, 2.24) is 0 Å². The molecule has 0 spiro atoms. The van der Waals surface area contributed by atoms with Crippen LogP contribution in [0.2, 0.25) is 0 Å². The number of rotatable bonds is 7. The van der Waals surface area contributed by atoms with Crippen LogP contribution in [-0.2, 0) is 14.3 Å². The van der Waals surface area contributed by atoms with Crippen molar-refractivity contribution in [3.05, 3.63) is 29.8 Å². The van der Waals surface area contributed by atoms with Gasteiger partial charge >= 0.3 is 5.97 Å². The lowest BCUT2D eigenvalue weighted by molar-refractivity contribution is -0.118. The summed E-state index contributed by atoms with van der Waals surface area (Å²) in [6, 6.07) is 6.90. The monoisotopic (exact) mass is 279 g/mol. The van der Waals surface area contributed by atoms with E-state index < -0.39 is 5.97 Å². The predicted octanol–water partition coefficient (Wildman–Crippen LogP) is 2.25. The molecule has 0 aliphatic carbocycles. The number of amides is 1. The van der Waals surface area contributed by atoms with Gasteiger partial charge in [-0.25, -0.2) is 4.79 Å². The Bertz CT molecular complexity index is 459. The van der Waals surface area contributed by atoms with Gasteiger partial charge in [-0.15, -0.1) is 0 Å². The molecule has 1 aromatic rings. The average Bonchev–Trinajstić information content (AvgIpc) is 2.49. The van der Waals surface area contributed by atoms with Gasteiger partial charge in [-0.3, -0.25) is 4.79 Å². The number of ether oxygens (including phenoxy) is 2. The first kappa shape index (κ1) is 16.2. The molecule has 0 aliphatic rings. The molecule has 110 valence electrons. The van der Waals surface area contributed by atoms with Crippen LogP contribution in [0, 0.1) is 0 Å². The Labute approximate surface area is 119 Å². The first-order chi connectivity index (χ1) is 9.61. The molecule has 0 N–H and O–H groups in total. The van der Waals surface area contributed by atoms with Crippen molar-refractivity contribution < 1.29 is 19.1 Å².